The van der Waals surface area contributed by atoms with E-state index >= 15 is 0 Å². The maximum Gasteiger partial charge on any atom is -0.0324 e. The average Bonchev–Trinajstić information content (AvgIpc) is 1.87. The van der Waals surface area contributed by atoms with Crippen LogP contribution >= 0.6 is 0 Å². The van der Waals surface area contributed by atoms with Gasteiger partial charge in [0.25, 0.3) is 0 Å². The minimum Gasteiger partial charge on any atom is -0.0991 e. The van der Waals surface area contributed by atoms with Crippen molar-refractivity contribution in [3.8, 4) is 0 Å². The number of rotatable bonds is 4. The predicted octanol–water partition coefficient (Wildman–Crippen LogP) is 3.33. The lowest BCUT2D eigenvalue weighted by molar-refractivity contribution is 0.664. The van der Waals surface area contributed by atoms with E-state index in [2.05, 4.69) is 32.6 Å². The number of allylic oxidation sites excluding steroid dienone is 5. The second-order valence-electron chi connectivity index (χ2n) is 2.68. The molecule has 0 saturated heterocycles. The SMILES string of the molecule is C=C/C=C\C=C/CC(C)C. The van der Waals surface area contributed by atoms with Crippen LogP contribution in [-0.4, -0.2) is 0 Å². The molecular formula is C10H16. The molecule has 0 spiro atoms. The van der Waals surface area contributed by atoms with Crippen molar-refractivity contribution < 1.29 is 0 Å². The Labute approximate surface area is 64.0 Å². The maximum absolute atomic E-state index is 3.57. The van der Waals surface area contributed by atoms with E-state index < -0.39 is 0 Å². The summed E-state index contributed by atoms with van der Waals surface area (Å²) in [4.78, 5) is 0. The lowest BCUT2D eigenvalue weighted by Crippen LogP contribution is -1.80. The third-order valence-corrected chi connectivity index (χ3v) is 1.10. The topological polar surface area (TPSA) is 0 Å². The lowest BCUT2D eigenvalue weighted by atomic mass is 10.1. The fraction of sp³-hybridized carbons (Fsp3) is 0.400. The molecule has 0 rings (SSSR count). The summed E-state index contributed by atoms with van der Waals surface area (Å²) < 4.78 is 0. The fourth-order valence-corrected chi connectivity index (χ4v) is 0.572. The molecule has 0 N–H and O–H groups in total. The van der Waals surface area contributed by atoms with Crippen LogP contribution in [0.5, 0.6) is 0 Å². The molecule has 56 valence electrons. The number of hydrogen-bond acceptors (Lipinski definition) is 0. The zero-order valence-corrected chi connectivity index (χ0v) is 6.88. The molecule has 0 aromatic rings. The highest BCUT2D eigenvalue weighted by atomic mass is 13.9. The van der Waals surface area contributed by atoms with E-state index in [0.717, 1.165) is 12.3 Å². The minimum absolute atomic E-state index is 0.758. The first-order valence-corrected chi connectivity index (χ1v) is 3.71. The Morgan fingerprint density at radius 3 is 2.40 bits per heavy atom. The summed E-state index contributed by atoms with van der Waals surface area (Å²) in [5.41, 5.74) is 0. The third kappa shape index (κ3) is 7.22. The Morgan fingerprint density at radius 2 is 1.90 bits per heavy atom. The van der Waals surface area contributed by atoms with E-state index in [1.54, 1.807) is 6.08 Å². The van der Waals surface area contributed by atoms with Gasteiger partial charge in [0.05, 0.1) is 0 Å². The smallest absolute Gasteiger partial charge is 0.0324 e. The van der Waals surface area contributed by atoms with Gasteiger partial charge in [-0.25, -0.2) is 0 Å². The van der Waals surface area contributed by atoms with Gasteiger partial charge in [0.1, 0.15) is 0 Å². The van der Waals surface area contributed by atoms with Crippen LogP contribution in [0.4, 0.5) is 0 Å². The summed E-state index contributed by atoms with van der Waals surface area (Å²) in [7, 11) is 0. The quantitative estimate of drug-likeness (QED) is 0.520. The third-order valence-electron chi connectivity index (χ3n) is 1.10. The molecule has 0 amide bonds. The molecule has 0 bridgehead atoms. The van der Waals surface area contributed by atoms with Crippen LogP contribution in [0.1, 0.15) is 20.3 Å². The van der Waals surface area contributed by atoms with Gasteiger partial charge in [0, 0.05) is 0 Å². The van der Waals surface area contributed by atoms with E-state index in [9.17, 15) is 0 Å². The second-order valence-corrected chi connectivity index (χ2v) is 2.68. The normalized spacial score (nSPS) is 11.9. The summed E-state index contributed by atoms with van der Waals surface area (Å²) in [6.45, 7) is 7.99. The Hall–Kier alpha value is -0.780. The molecule has 0 nitrogen and oxygen atoms in total. The standard InChI is InChI=1S/C10H16/c1-4-5-6-7-8-9-10(2)3/h4-8,10H,1,9H2,2-3H3/b6-5-,8-7-. The van der Waals surface area contributed by atoms with Crippen molar-refractivity contribution >= 4 is 0 Å². The van der Waals surface area contributed by atoms with Crippen molar-refractivity contribution in [2.24, 2.45) is 5.92 Å². The molecule has 0 heteroatoms. The van der Waals surface area contributed by atoms with E-state index in [1.165, 1.54) is 0 Å². The highest BCUT2D eigenvalue weighted by molar-refractivity contribution is 5.08. The maximum atomic E-state index is 3.57. The monoisotopic (exact) mass is 136 g/mol. The molecule has 0 heterocycles. The zero-order chi connectivity index (χ0) is 7.82. The Kier molecular flexibility index (Phi) is 5.85. The highest BCUT2D eigenvalue weighted by Crippen LogP contribution is 1.99. The molecule has 0 fully saturated rings. The predicted molar refractivity (Wildman–Crippen MR) is 47.9 cm³/mol. The van der Waals surface area contributed by atoms with Gasteiger partial charge in [-0.2, -0.15) is 0 Å². The summed E-state index contributed by atoms with van der Waals surface area (Å²) in [6.07, 6.45) is 11.1. The van der Waals surface area contributed by atoms with Gasteiger partial charge in [-0.15, -0.1) is 0 Å². The first-order valence-electron chi connectivity index (χ1n) is 3.71. The van der Waals surface area contributed by atoms with Gasteiger partial charge >= 0.3 is 0 Å². The van der Waals surface area contributed by atoms with E-state index in [4.69, 9.17) is 0 Å². The van der Waals surface area contributed by atoms with Crippen LogP contribution in [0.15, 0.2) is 37.0 Å². The van der Waals surface area contributed by atoms with Gasteiger partial charge in [-0.05, 0) is 12.3 Å². The number of hydrogen-bond donors (Lipinski definition) is 0. The summed E-state index contributed by atoms with van der Waals surface area (Å²) in [5.74, 6) is 0.758. The largest absolute Gasteiger partial charge is 0.0991 e. The van der Waals surface area contributed by atoms with Gasteiger partial charge in [0.15, 0.2) is 0 Å². The van der Waals surface area contributed by atoms with Crippen LogP contribution in [0, 0.1) is 5.92 Å². The van der Waals surface area contributed by atoms with Crippen molar-refractivity contribution in [1.82, 2.24) is 0 Å². The molecule has 0 radical (unpaired) electrons. The molecule has 0 saturated carbocycles. The van der Waals surface area contributed by atoms with Crippen LogP contribution < -0.4 is 0 Å². The van der Waals surface area contributed by atoms with Crippen molar-refractivity contribution in [3.05, 3.63) is 37.0 Å². The highest BCUT2D eigenvalue weighted by Gasteiger charge is 1.84. The van der Waals surface area contributed by atoms with Crippen LogP contribution in [0.2, 0.25) is 0 Å². The molecule has 0 aromatic heterocycles. The Bertz CT molecular complexity index is 127. The summed E-state index contributed by atoms with van der Waals surface area (Å²) in [5, 5.41) is 0. The van der Waals surface area contributed by atoms with Crippen LogP contribution in [-0.2, 0) is 0 Å². The second kappa shape index (κ2) is 6.34. The van der Waals surface area contributed by atoms with Gasteiger partial charge in [-0.3, -0.25) is 0 Å². The minimum atomic E-state index is 0.758. The Morgan fingerprint density at radius 1 is 1.20 bits per heavy atom. The fourth-order valence-electron chi connectivity index (χ4n) is 0.572. The van der Waals surface area contributed by atoms with E-state index in [0.29, 0.717) is 0 Å². The van der Waals surface area contributed by atoms with Gasteiger partial charge in [0.2, 0.25) is 0 Å². The van der Waals surface area contributed by atoms with Crippen LogP contribution in [0.25, 0.3) is 0 Å². The zero-order valence-electron chi connectivity index (χ0n) is 6.88. The summed E-state index contributed by atoms with van der Waals surface area (Å²) >= 11 is 0. The lowest BCUT2D eigenvalue weighted by Gasteiger charge is -1.94. The van der Waals surface area contributed by atoms with Gasteiger partial charge in [-0.1, -0.05) is 50.8 Å². The molecule has 0 aliphatic rings. The molecule has 0 aromatic carbocycles. The van der Waals surface area contributed by atoms with E-state index in [-0.39, 0.29) is 0 Å². The van der Waals surface area contributed by atoms with Crippen molar-refractivity contribution in [2.75, 3.05) is 0 Å². The summed E-state index contributed by atoms with van der Waals surface area (Å²) in [6, 6.07) is 0. The molecular weight excluding hydrogens is 120 g/mol. The van der Waals surface area contributed by atoms with Crippen molar-refractivity contribution in [3.63, 3.8) is 0 Å². The Balaban J connectivity index is 3.37. The molecule has 0 atom stereocenters. The average molecular weight is 136 g/mol. The molecule has 10 heavy (non-hydrogen) atoms. The van der Waals surface area contributed by atoms with Crippen molar-refractivity contribution in [2.45, 2.75) is 20.3 Å². The molecule has 0 aliphatic heterocycles. The van der Waals surface area contributed by atoms with Crippen LogP contribution in [0.3, 0.4) is 0 Å². The molecule has 0 unspecified atom stereocenters. The van der Waals surface area contributed by atoms with Gasteiger partial charge < -0.3 is 0 Å². The molecule has 0 aliphatic carbocycles. The first-order chi connectivity index (χ1) is 4.77. The van der Waals surface area contributed by atoms with E-state index in [1.807, 2.05) is 12.2 Å². The van der Waals surface area contributed by atoms with Crippen molar-refractivity contribution in [1.29, 1.82) is 0 Å². The first kappa shape index (κ1) is 9.22.